The van der Waals surface area contributed by atoms with Crippen molar-refractivity contribution in [2.75, 3.05) is 0 Å². The number of esters is 1. The SMILES string of the molecule is CC[C@@](C)(NC(=O)c1ccccc1)C(=O)O[C@@H]1C[C@H](C)CC[C@H]1C(C)(C)c1ccccc1. The Hall–Kier alpha value is -2.62. The normalized spacial score (nSPS) is 23.1. The molecule has 1 N–H and O–H groups in total. The molecule has 0 aliphatic heterocycles. The quantitative estimate of drug-likeness (QED) is 0.550. The van der Waals surface area contributed by atoms with Gasteiger partial charge in [-0.2, -0.15) is 0 Å². The van der Waals surface area contributed by atoms with Crippen molar-refractivity contribution in [3.8, 4) is 0 Å². The third-order valence-corrected chi connectivity index (χ3v) is 7.34. The highest BCUT2D eigenvalue weighted by atomic mass is 16.5. The van der Waals surface area contributed by atoms with Crippen molar-refractivity contribution in [1.82, 2.24) is 5.32 Å². The van der Waals surface area contributed by atoms with Crippen molar-refractivity contribution in [2.45, 2.75) is 77.4 Å². The molecular weight excluding hydrogens is 398 g/mol. The summed E-state index contributed by atoms with van der Waals surface area (Å²) in [6, 6.07) is 19.5. The molecule has 1 saturated carbocycles. The Labute approximate surface area is 192 Å². The van der Waals surface area contributed by atoms with Gasteiger partial charge in [-0.25, -0.2) is 4.79 Å². The van der Waals surface area contributed by atoms with Crippen molar-refractivity contribution < 1.29 is 14.3 Å². The van der Waals surface area contributed by atoms with Gasteiger partial charge in [0.05, 0.1) is 0 Å². The minimum atomic E-state index is -1.07. The van der Waals surface area contributed by atoms with Crippen LogP contribution in [0.3, 0.4) is 0 Å². The first kappa shape index (κ1) is 24.0. The summed E-state index contributed by atoms with van der Waals surface area (Å²) >= 11 is 0. The second-order valence-electron chi connectivity index (χ2n) is 10.1. The molecule has 2 aromatic carbocycles. The van der Waals surface area contributed by atoms with Gasteiger partial charge < -0.3 is 10.1 Å². The minimum Gasteiger partial charge on any atom is -0.460 e. The van der Waals surface area contributed by atoms with Gasteiger partial charge in [-0.15, -0.1) is 0 Å². The van der Waals surface area contributed by atoms with Gasteiger partial charge in [0.15, 0.2) is 0 Å². The van der Waals surface area contributed by atoms with Crippen molar-refractivity contribution in [3.05, 3.63) is 71.8 Å². The van der Waals surface area contributed by atoms with E-state index in [1.807, 2.05) is 31.2 Å². The first-order chi connectivity index (χ1) is 15.2. The molecule has 32 heavy (non-hydrogen) atoms. The van der Waals surface area contributed by atoms with E-state index in [9.17, 15) is 9.59 Å². The van der Waals surface area contributed by atoms with Gasteiger partial charge in [-0.05, 0) is 55.2 Å². The summed E-state index contributed by atoms with van der Waals surface area (Å²) in [5, 5.41) is 2.93. The third-order valence-electron chi connectivity index (χ3n) is 7.34. The summed E-state index contributed by atoms with van der Waals surface area (Å²) in [5.74, 6) is 0.112. The Morgan fingerprint density at radius 1 is 0.969 bits per heavy atom. The van der Waals surface area contributed by atoms with E-state index >= 15 is 0 Å². The molecule has 0 spiro atoms. The molecule has 0 aromatic heterocycles. The summed E-state index contributed by atoms with van der Waals surface area (Å²) in [5.41, 5.74) is 0.600. The summed E-state index contributed by atoms with van der Waals surface area (Å²) in [4.78, 5) is 26.2. The molecule has 4 atom stereocenters. The third kappa shape index (κ3) is 5.23. The molecule has 0 heterocycles. The van der Waals surface area contributed by atoms with E-state index in [2.05, 4.69) is 50.4 Å². The fourth-order valence-electron chi connectivity index (χ4n) is 4.83. The monoisotopic (exact) mass is 435 g/mol. The van der Waals surface area contributed by atoms with Crippen LogP contribution >= 0.6 is 0 Å². The Kier molecular flexibility index (Phi) is 7.43. The molecular formula is C28H37NO3. The number of carbonyl (C=O) groups is 2. The number of hydrogen-bond acceptors (Lipinski definition) is 3. The summed E-state index contributed by atoms with van der Waals surface area (Å²) in [6.07, 6.45) is 3.27. The molecule has 2 aromatic rings. The van der Waals surface area contributed by atoms with Crippen LogP contribution in [0.5, 0.6) is 0 Å². The molecule has 0 saturated heterocycles. The maximum absolute atomic E-state index is 13.4. The fourth-order valence-corrected chi connectivity index (χ4v) is 4.83. The maximum atomic E-state index is 13.4. The molecule has 0 radical (unpaired) electrons. The highest BCUT2D eigenvalue weighted by Gasteiger charge is 2.44. The Balaban J connectivity index is 1.79. The van der Waals surface area contributed by atoms with Crippen LogP contribution in [0.25, 0.3) is 0 Å². The van der Waals surface area contributed by atoms with Gasteiger partial charge >= 0.3 is 5.97 Å². The topological polar surface area (TPSA) is 55.4 Å². The molecule has 172 valence electrons. The smallest absolute Gasteiger partial charge is 0.331 e. The molecule has 1 fully saturated rings. The van der Waals surface area contributed by atoms with E-state index in [0.29, 0.717) is 17.9 Å². The zero-order chi connectivity index (χ0) is 23.4. The van der Waals surface area contributed by atoms with Crippen LogP contribution in [0.2, 0.25) is 0 Å². The van der Waals surface area contributed by atoms with E-state index in [4.69, 9.17) is 4.74 Å². The molecule has 4 nitrogen and oxygen atoms in total. The Bertz CT molecular complexity index is 909. The van der Waals surface area contributed by atoms with Gasteiger partial charge in [-0.3, -0.25) is 4.79 Å². The first-order valence-corrected chi connectivity index (χ1v) is 11.8. The van der Waals surface area contributed by atoms with Crippen LogP contribution in [-0.2, 0) is 14.9 Å². The number of amides is 1. The molecule has 3 rings (SSSR count). The second-order valence-corrected chi connectivity index (χ2v) is 10.1. The van der Waals surface area contributed by atoms with Gasteiger partial charge in [0, 0.05) is 11.5 Å². The van der Waals surface area contributed by atoms with E-state index in [1.54, 1.807) is 19.1 Å². The molecule has 1 aliphatic rings. The second kappa shape index (κ2) is 9.89. The number of ether oxygens (including phenoxy) is 1. The Morgan fingerprint density at radius 3 is 2.16 bits per heavy atom. The van der Waals surface area contributed by atoms with Crippen molar-refractivity contribution >= 4 is 11.9 Å². The first-order valence-electron chi connectivity index (χ1n) is 11.8. The highest BCUT2D eigenvalue weighted by molar-refractivity contribution is 5.98. The Morgan fingerprint density at radius 2 is 1.56 bits per heavy atom. The van der Waals surface area contributed by atoms with Crippen molar-refractivity contribution in [1.29, 1.82) is 0 Å². The highest BCUT2D eigenvalue weighted by Crippen LogP contribution is 2.44. The van der Waals surface area contributed by atoms with Crippen LogP contribution < -0.4 is 5.32 Å². The standard InChI is InChI=1S/C28H37NO3/c1-6-28(5,29-25(30)21-13-9-7-10-14-21)26(31)32-24-19-20(2)17-18-23(24)27(3,4)22-15-11-8-12-16-22/h7-16,20,23-24H,6,17-19H2,1-5H3,(H,29,30)/t20-,23-,24-,28-/m1/s1. The lowest BCUT2D eigenvalue weighted by Gasteiger charge is -2.44. The van der Waals surface area contributed by atoms with Gasteiger partial charge in [0.2, 0.25) is 0 Å². The summed E-state index contributed by atoms with van der Waals surface area (Å²) in [7, 11) is 0. The largest absolute Gasteiger partial charge is 0.460 e. The molecule has 1 aliphatic carbocycles. The van der Waals surface area contributed by atoms with Crippen molar-refractivity contribution in [2.24, 2.45) is 11.8 Å². The van der Waals surface area contributed by atoms with Crippen LogP contribution in [-0.4, -0.2) is 23.5 Å². The number of nitrogens with one attached hydrogen (secondary N) is 1. The summed E-state index contributed by atoms with van der Waals surface area (Å²) in [6.45, 7) is 10.4. The number of hydrogen-bond donors (Lipinski definition) is 1. The zero-order valence-electron chi connectivity index (χ0n) is 20.1. The lowest BCUT2D eigenvalue weighted by Crippen LogP contribution is -2.55. The lowest BCUT2D eigenvalue weighted by atomic mass is 9.64. The van der Waals surface area contributed by atoms with Crippen LogP contribution in [0.4, 0.5) is 0 Å². The van der Waals surface area contributed by atoms with Crippen LogP contribution in [0.15, 0.2) is 60.7 Å². The van der Waals surface area contributed by atoms with Crippen molar-refractivity contribution in [3.63, 3.8) is 0 Å². The van der Waals surface area contributed by atoms with Gasteiger partial charge in [-0.1, -0.05) is 82.6 Å². The maximum Gasteiger partial charge on any atom is 0.331 e. The van der Waals surface area contributed by atoms with E-state index < -0.39 is 5.54 Å². The van der Waals surface area contributed by atoms with Gasteiger partial charge in [0.1, 0.15) is 11.6 Å². The predicted octanol–water partition coefficient (Wildman–Crippen LogP) is 5.91. The summed E-state index contributed by atoms with van der Waals surface area (Å²) < 4.78 is 6.22. The van der Waals surface area contributed by atoms with Gasteiger partial charge in [0.25, 0.3) is 5.91 Å². The number of benzene rings is 2. The average Bonchev–Trinajstić information content (AvgIpc) is 2.80. The van der Waals surface area contributed by atoms with Crippen LogP contribution in [0.1, 0.15) is 76.2 Å². The van der Waals surface area contributed by atoms with Crippen LogP contribution in [0, 0.1) is 11.8 Å². The van der Waals surface area contributed by atoms with E-state index in [0.717, 1.165) is 19.3 Å². The molecule has 1 amide bonds. The minimum absolute atomic E-state index is 0.123. The van der Waals surface area contributed by atoms with E-state index in [1.165, 1.54) is 5.56 Å². The average molecular weight is 436 g/mol. The predicted molar refractivity (Wildman–Crippen MR) is 128 cm³/mol. The number of carbonyl (C=O) groups excluding carboxylic acids is 2. The number of rotatable bonds is 7. The fraction of sp³-hybridized carbons (Fsp3) is 0.500. The molecule has 0 bridgehead atoms. The zero-order valence-corrected chi connectivity index (χ0v) is 20.1. The van der Waals surface area contributed by atoms with E-state index in [-0.39, 0.29) is 29.3 Å². The molecule has 4 heteroatoms. The lowest BCUT2D eigenvalue weighted by molar-refractivity contribution is -0.164. The molecule has 0 unspecified atom stereocenters.